The lowest BCUT2D eigenvalue weighted by Gasteiger charge is -2.15. The Balaban J connectivity index is 1.87. The van der Waals surface area contributed by atoms with Crippen LogP contribution in [-0.4, -0.2) is 17.6 Å². The number of hydrazine groups is 1. The second-order valence-corrected chi connectivity index (χ2v) is 5.59. The quantitative estimate of drug-likeness (QED) is 0.635. The Kier molecular flexibility index (Phi) is 5.15. The summed E-state index contributed by atoms with van der Waals surface area (Å²) in [6.45, 7) is 2.46. The first-order chi connectivity index (χ1) is 9.17. The zero-order valence-corrected chi connectivity index (χ0v) is 12.2. The van der Waals surface area contributed by atoms with E-state index in [9.17, 15) is 0 Å². The predicted octanol–water partition coefficient (Wildman–Crippen LogP) is 2.56. The van der Waals surface area contributed by atoms with Crippen molar-refractivity contribution in [3.63, 3.8) is 0 Å². The lowest BCUT2D eigenvalue weighted by atomic mass is 10.2. The van der Waals surface area contributed by atoms with Gasteiger partial charge in [-0.1, -0.05) is 11.6 Å². The molecule has 0 aliphatic rings. The molecule has 19 heavy (non-hydrogen) atoms. The van der Waals surface area contributed by atoms with Crippen LogP contribution in [0.1, 0.15) is 10.7 Å². The second-order valence-electron chi connectivity index (χ2n) is 4.22. The summed E-state index contributed by atoms with van der Waals surface area (Å²) in [6, 6.07) is 7.30. The topological polar surface area (TPSA) is 60.2 Å². The minimum absolute atomic E-state index is 0.0289. The predicted molar refractivity (Wildman–Crippen MR) is 78.6 cm³/mol. The first-order valence-corrected chi connectivity index (χ1v) is 7.18. The lowest BCUT2D eigenvalue weighted by molar-refractivity contribution is 0.264. The molecule has 0 spiro atoms. The van der Waals surface area contributed by atoms with Crippen LogP contribution in [0.5, 0.6) is 5.75 Å². The summed E-state index contributed by atoms with van der Waals surface area (Å²) in [7, 11) is 0. The van der Waals surface area contributed by atoms with E-state index in [1.807, 2.05) is 24.4 Å². The van der Waals surface area contributed by atoms with Gasteiger partial charge in [0, 0.05) is 22.5 Å². The summed E-state index contributed by atoms with van der Waals surface area (Å²) in [6.07, 6.45) is 0.753. The third kappa shape index (κ3) is 4.47. The van der Waals surface area contributed by atoms with Crippen molar-refractivity contribution in [3.05, 3.63) is 45.4 Å². The summed E-state index contributed by atoms with van der Waals surface area (Å²) in [4.78, 5) is 4.41. The Morgan fingerprint density at radius 2 is 2.16 bits per heavy atom. The Labute approximate surface area is 121 Å². The highest BCUT2D eigenvalue weighted by Gasteiger charge is 2.11. The molecule has 0 amide bonds. The van der Waals surface area contributed by atoms with Crippen molar-refractivity contribution in [1.29, 1.82) is 0 Å². The Hall–Kier alpha value is -1.14. The fourth-order valence-electron chi connectivity index (χ4n) is 1.60. The van der Waals surface area contributed by atoms with E-state index in [0.29, 0.717) is 11.6 Å². The molecule has 1 heterocycles. The number of halogens is 1. The normalized spacial score (nSPS) is 12.4. The number of nitrogens with one attached hydrogen (secondary N) is 1. The summed E-state index contributed by atoms with van der Waals surface area (Å²) in [5, 5.41) is 3.78. The van der Waals surface area contributed by atoms with Gasteiger partial charge in [-0.2, -0.15) is 0 Å². The van der Waals surface area contributed by atoms with E-state index in [-0.39, 0.29) is 6.04 Å². The standard InChI is InChI=1S/C13H16ClN3OS/c1-9-8-19-13(16-9)6-11(17-15)7-18-12-4-2-10(14)3-5-12/h2-5,8,11,17H,6-7,15H2,1H3. The molecule has 0 aliphatic carbocycles. The third-order valence-corrected chi connectivity index (χ3v) is 3.83. The molecule has 3 N–H and O–H groups in total. The molecule has 0 saturated carbocycles. The van der Waals surface area contributed by atoms with Gasteiger partial charge >= 0.3 is 0 Å². The maximum atomic E-state index is 5.82. The van der Waals surface area contributed by atoms with E-state index in [2.05, 4.69) is 10.4 Å². The summed E-state index contributed by atoms with van der Waals surface area (Å²) in [5.74, 6) is 6.32. The van der Waals surface area contributed by atoms with E-state index in [4.69, 9.17) is 22.2 Å². The number of rotatable bonds is 6. The zero-order valence-electron chi connectivity index (χ0n) is 10.6. The maximum absolute atomic E-state index is 5.82. The van der Waals surface area contributed by atoms with Crippen LogP contribution in [0.3, 0.4) is 0 Å². The Morgan fingerprint density at radius 1 is 1.42 bits per heavy atom. The SMILES string of the molecule is Cc1csc(CC(COc2ccc(Cl)cc2)NN)n1. The van der Waals surface area contributed by atoms with E-state index in [1.165, 1.54) is 0 Å². The molecular weight excluding hydrogens is 282 g/mol. The molecule has 1 atom stereocenters. The van der Waals surface area contributed by atoms with Gasteiger partial charge in [-0.3, -0.25) is 11.3 Å². The highest BCUT2D eigenvalue weighted by atomic mass is 35.5. The molecule has 0 aliphatic heterocycles. The molecule has 2 rings (SSSR count). The van der Waals surface area contributed by atoms with Gasteiger partial charge in [0.05, 0.1) is 11.0 Å². The van der Waals surface area contributed by atoms with Crippen LogP contribution in [0.25, 0.3) is 0 Å². The van der Waals surface area contributed by atoms with E-state index in [0.717, 1.165) is 22.9 Å². The minimum Gasteiger partial charge on any atom is -0.492 e. The number of ether oxygens (including phenoxy) is 1. The highest BCUT2D eigenvalue weighted by molar-refractivity contribution is 7.09. The molecular formula is C13H16ClN3OS. The van der Waals surface area contributed by atoms with E-state index in [1.54, 1.807) is 23.5 Å². The van der Waals surface area contributed by atoms with Gasteiger partial charge in [0.1, 0.15) is 12.4 Å². The molecule has 102 valence electrons. The number of nitrogens with zero attached hydrogens (tertiary/aromatic N) is 1. The third-order valence-electron chi connectivity index (χ3n) is 2.59. The molecule has 2 aromatic rings. The van der Waals surface area contributed by atoms with Crippen LogP contribution in [-0.2, 0) is 6.42 Å². The number of hydrogen-bond donors (Lipinski definition) is 2. The zero-order chi connectivity index (χ0) is 13.7. The average Bonchev–Trinajstić information content (AvgIpc) is 2.82. The number of hydrogen-bond acceptors (Lipinski definition) is 5. The average molecular weight is 298 g/mol. The van der Waals surface area contributed by atoms with Gasteiger partial charge in [0.15, 0.2) is 0 Å². The fraction of sp³-hybridized carbons (Fsp3) is 0.308. The molecule has 0 bridgehead atoms. The van der Waals surface area contributed by atoms with Crippen LogP contribution in [0.15, 0.2) is 29.6 Å². The van der Waals surface area contributed by atoms with Gasteiger partial charge in [-0.15, -0.1) is 11.3 Å². The maximum Gasteiger partial charge on any atom is 0.119 e. The molecule has 0 radical (unpaired) electrons. The van der Waals surface area contributed by atoms with Gasteiger partial charge in [-0.25, -0.2) is 4.98 Å². The van der Waals surface area contributed by atoms with Crippen LogP contribution in [0.4, 0.5) is 0 Å². The molecule has 6 heteroatoms. The fourth-order valence-corrected chi connectivity index (χ4v) is 2.58. The van der Waals surface area contributed by atoms with Gasteiger partial charge in [0.25, 0.3) is 0 Å². The van der Waals surface area contributed by atoms with Gasteiger partial charge < -0.3 is 4.74 Å². The van der Waals surface area contributed by atoms with Crippen molar-refractivity contribution in [2.24, 2.45) is 5.84 Å². The van der Waals surface area contributed by atoms with Gasteiger partial charge in [0.2, 0.25) is 0 Å². The first-order valence-electron chi connectivity index (χ1n) is 5.93. The first kappa shape index (κ1) is 14.3. The number of thiazole rings is 1. The molecule has 0 fully saturated rings. The Bertz CT molecular complexity index is 515. The minimum atomic E-state index is 0.0289. The van der Waals surface area contributed by atoms with Crippen LogP contribution in [0.2, 0.25) is 5.02 Å². The number of nitrogens with two attached hydrogens (primary N) is 1. The van der Waals surface area contributed by atoms with Crippen molar-refractivity contribution in [2.45, 2.75) is 19.4 Å². The monoisotopic (exact) mass is 297 g/mol. The molecule has 1 unspecified atom stereocenters. The molecule has 1 aromatic heterocycles. The summed E-state index contributed by atoms with van der Waals surface area (Å²) >= 11 is 7.45. The lowest BCUT2D eigenvalue weighted by Crippen LogP contribution is -2.41. The van der Waals surface area contributed by atoms with Crippen molar-refractivity contribution >= 4 is 22.9 Å². The number of aryl methyl sites for hydroxylation is 1. The molecule has 1 aromatic carbocycles. The number of aromatic nitrogens is 1. The number of benzene rings is 1. The molecule has 4 nitrogen and oxygen atoms in total. The summed E-state index contributed by atoms with van der Waals surface area (Å²) < 4.78 is 5.67. The van der Waals surface area contributed by atoms with Crippen molar-refractivity contribution in [3.8, 4) is 5.75 Å². The van der Waals surface area contributed by atoms with Crippen LogP contribution in [0, 0.1) is 6.92 Å². The van der Waals surface area contributed by atoms with Crippen LogP contribution >= 0.6 is 22.9 Å². The van der Waals surface area contributed by atoms with Gasteiger partial charge in [-0.05, 0) is 31.2 Å². The summed E-state index contributed by atoms with van der Waals surface area (Å²) in [5.41, 5.74) is 3.79. The van der Waals surface area contributed by atoms with Crippen LogP contribution < -0.4 is 16.0 Å². The second kappa shape index (κ2) is 6.86. The van der Waals surface area contributed by atoms with Crippen molar-refractivity contribution in [2.75, 3.05) is 6.61 Å². The van der Waals surface area contributed by atoms with E-state index < -0.39 is 0 Å². The van der Waals surface area contributed by atoms with Crippen molar-refractivity contribution < 1.29 is 4.74 Å². The Morgan fingerprint density at radius 3 is 2.74 bits per heavy atom. The smallest absolute Gasteiger partial charge is 0.119 e. The molecule has 0 saturated heterocycles. The van der Waals surface area contributed by atoms with E-state index >= 15 is 0 Å². The highest BCUT2D eigenvalue weighted by Crippen LogP contribution is 2.16. The van der Waals surface area contributed by atoms with Crippen molar-refractivity contribution in [1.82, 2.24) is 10.4 Å². The largest absolute Gasteiger partial charge is 0.492 e.